The van der Waals surface area contributed by atoms with Crippen LogP contribution in [0.5, 0.6) is 0 Å². The fourth-order valence-corrected chi connectivity index (χ4v) is 3.38. The van der Waals surface area contributed by atoms with Gasteiger partial charge in [0.05, 0.1) is 12.7 Å². The number of nitrogens with one attached hydrogen (secondary N) is 1. The third-order valence-electron chi connectivity index (χ3n) is 4.83. The maximum absolute atomic E-state index is 11.6. The lowest BCUT2D eigenvalue weighted by molar-refractivity contribution is 0.0601. The van der Waals surface area contributed by atoms with Crippen LogP contribution in [0, 0.1) is 6.92 Å². The molecule has 1 aliphatic rings. The number of ether oxygens (including phenoxy) is 1. The van der Waals surface area contributed by atoms with Gasteiger partial charge in [-0.2, -0.15) is 4.98 Å². The predicted molar refractivity (Wildman–Crippen MR) is 109 cm³/mol. The van der Waals surface area contributed by atoms with Crippen molar-refractivity contribution in [3.05, 3.63) is 77.0 Å². The van der Waals surface area contributed by atoms with Crippen molar-refractivity contribution < 1.29 is 9.53 Å². The second-order valence-corrected chi connectivity index (χ2v) is 6.83. The highest BCUT2D eigenvalue weighted by Gasteiger charge is 2.19. The first kappa shape index (κ1) is 18.0. The average molecular weight is 374 g/mol. The first-order valence-corrected chi connectivity index (χ1v) is 9.25. The monoisotopic (exact) mass is 374 g/mol. The SMILES string of the molecule is COC(=O)c1ccc(Nc2cc(C)nc(N3CCc4ccccc4C3)n2)cc1. The Balaban J connectivity index is 1.54. The molecule has 1 aromatic heterocycles. The second kappa shape index (κ2) is 7.68. The maximum Gasteiger partial charge on any atom is 0.337 e. The highest BCUT2D eigenvalue weighted by atomic mass is 16.5. The van der Waals surface area contributed by atoms with E-state index in [0.29, 0.717) is 5.56 Å². The third-order valence-corrected chi connectivity index (χ3v) is 4.83. The highest BCUT2D eigenvalue weighted by molar-refractivity contribution is 5.89. The van der Waals surface area contributed by atoms with Crippen LogP contribution < -0.4 is 10.2 Å². The van der Waals surface area contributed by atoms with Gasteiger partial charge in [0.25, 0.3) is 0 Å². The van der Waals surface area contributed by atoms with E-state index < -0.39 is 0 Å². The maximum atomic E-state index is 11.6. The Morgan fingerprint density at radius 3 is 2.57 bits per heavy atom. The molecular formula is C22H22N4O2. The Bertz CT molecular complexity index is 1000. The minimum atomic E-state index is -0.350. The molecule has 6 nitrogen and oxygen atoms in total. The lowest BCUT2D eigenvalue weighted by atomic mass is 10.0. The van der Waals surface area contributed by atoms with E-state index in [-0.39, 0.29) is 5.97 Å². The van der Waals surface area contributed by atoms with E-state index >= 15 is 0 Å². The molecule has 0 bridgehead atoms. The third kappa shape index (κ3) is 3.81. The molecule has 1 N–H and O–H groups in total. The van der Waals surface area contributed by atoms with Crippen molar-refractivity contribution in [2.75, 3.05) is 23.9 Å². The number of hydrogen-bond acceptors (Lipinski definition) is 6. The molecule has 0 amide bonds. The molecule has 6 heteroatoms. The van der Waals surface area contributed by atoms with Gasteiger partial charge in [0.15, 0.2) is 0 Å². The number of rotatable bonds is 4. The molecule has 0 spiro atoms. The van der Waals surface area contributed by atoms with Gasteiger partial charge in [-0.3, -0.25) is 0 Å². The number of aromatic nitrogens is 2. The molecule has 0 radical (unpaired) electrons. The van der Waals surface area contributed by atoms with E-state index in [0.717, 1.165) is 42.7 Å². The topological polar surface area (TPSA) is 67.3 Å². The molecular weight excluding hydrogens is 352 g/mol. The van der Waals surface area contributed by atoms with Crippen molar-refractivity contribution in [2.45, 2.75) is 19.9 Å². The van der Waals surface area contributed by atoms with Crippen LogP contribution >= 0.6 is 0 Å². The first-order chi connectivity index (χ1) is 13.6. The molecule has 4 rings (SSSR count). The number of esters is 1. The number of hydrogen-bond donors (Lipinski definition) is 1. The highest BCUT2D eigenvalue weighted by Crippen LogP contribution is 2.24. The van der Waals surface area contributed by atoms with Crippen molar-refractivity contribution in [3.63, 3.8) is 0 Å². The average Bonchev–Trinajstić information content (AvgIpc) is 2.73. The van der Waals surface area contributed by atoms with Gasteiger partial charge in [-0.1, -0.05) is 24.3 Å². The fourth-order valence-electron chi connectivity index (χ4n) is 3.38. The van der Waals surface area contributed by atoms with Crippen LogP contribution in [0.15, 0.2) is 54.6 Å². The summed E-state index contributed by atoms with van der Waals surface area (Å²) in [6, 6.07) is 17.6. The molecule has 0 atom stereocenters. The normalized spacial score (nSPS) is 13.0. The summed E-state index contributed by atoms with van der Waals surface area (Å²) in [6.45, 7) is 3.68. The number of anilines is 3. The Morgan fingerprint density at radius 2 is 1.82 bits per heavy atom. The van der Waals surface area contributed by atoms with Crippen molar-refractivity contribution in [1.82, 2.24) is 9.97 Å². The summed E-state index contributed by atoms with van der Waals surface area (Å²) in [6.07, 6.45) is 0.991. The Morgan fingerprint density at radius 1 is 1.07 bits per heavy atom. The molecule has 0 fully saturated rings. The minimum Gasteiger partial charge on any atom is -0.465 e. The van der Waals surface area contributed by atoms with Crippen LogP contribution in [-0.4, -0.2) is 29.6 Å². The number of benzene rings is 2. The lowest BCUT2D eigenvalue weighted by Gasteiger charge is -2.29. The molecule has 1 aliphatic heterocycles. The van der Waals surface area contributed by atoms with E-state index in [1.54, 1.807) is 12.1 Å². The number of nitrogens with zero attached hydrogens (tertiary/aromatic N) is 3. The minimum absolute atomic E-state index is 0.350. The molecule has 3 aromatic rings. The van der Waals surface area contributed by atoms with Crippen LogP contribution in [-0.2, 0) is 17.7 Å². The van der Waals surface area contributed by atoms with Gasteiger partial charge < -0.3 is 15.0 Å². The van der Waals surface area contributed by atoms with Crippen molar-refractivity contribution >= 4 is 23.4 Å². The molecule has 0 saturated carbocycles. The van der Waals surface area contributed by atoms with Gasteiger partial charge in [-0.25, -0.2) is 9.78 Å². The summed E-state index contributed by atoms with van der Waals surface area (Å²) in [5, 5.41) is 3.30. The number of aryl methyl sites for hydroxylation is 1. The predicted octanol–water partition coefficient (Wildman–Crippen LogP) is 3.88. The number of carbonyl (C=O) groups is 1. The fraction of sp³-hybridized carbons (Fsp3) is 0.227. The molecule has 0 aliphatic carbocycles. The summed E-state index contributed by atoms with van der Waals surface area (Å²) >= 11 is 0. The smallest absolute Gasteiger partial charge is 0.337 e. The Labute approximate surface area is 164 Å². The quantitative estimate of drug-likeness (QED) is 0.699. The number of methoxy groups -OCH3 is 1. The van der Waals surface area contributed by atoms with Crippen molar-refractivity contribution in [3.8, 4) is 0 Å². The second-order valence-electron chi connectivity index (χ2n) is 6.83. The summed E-state index contributed by atoms with van der Waals surface area (Å²) in [4.78, 5) is 23.1. The van der Waals surface area contributed by atoms with Crippen LogP contribution in [0.25, 0.3) is 0 Å². The van der Waals surface area contributed by atoms with E-state index in [1.807, 2.05) is 25.1 Å². The van der Waals surface area contributed by atoms with Gasteiger partial charge in [0.2, 0.25) is 5.95 Å². The van der Waals surface area contributed by atoms with Gasteiger partial charge in [0.1, 0.15) is 5.82 Å². The lowest BCUT2D eigenvalue weighted by Crippen LogP contribution is -2.32. The summed E-state index contributed by atoms with van der Waals surface area (Å²) in [5.41, 5.74) is 4.99. The van der Waals surface area contributed by atoms with E-state index in [4.69, 9.17) is 9.72 Å². The molecule has 142 valence electrons. The zero-order chi connectivity index (χ0) is 19.5. The Kier molecular flexibility index (Phi) is 4.93. The number of fused-ring (bicyclic) bond motifs is 1. The molecule has 28 heavy (non-hydrogen) atoms. The van der Waals surface area contributed by atoms with Crippen molar-refractivity contribution in [1.29, 1.82) is 0 Å². The van der Waals surface area contributed by atoms with E-state index in [1.165, 1.54) is 18.2 Å². The molecule has 0 unspecified atom stereocenters. The van der Waals surface area contributed by atoms with Gasteiger partial charge >= 0.3 is 5.97 Å². The summed E-state index contributed by atoms with van der Waals surface area (Å²) in [5.74, 6) is 1.10. The van der Waals surface area contributed by atoms with Crippen LogP contribution in [0.1, 0.15) is 27.2 Å². The standard InChI is InChI=1S/C22H22N4O2/c1-15-13-20(24-19-9-7-17(8-10-19)21(27)28-2)25-22(23-15)26-12-11-16-5-3-4-6-18(16)14-26/h3-10,13H,11-12,14H2,1-2H3,(H,23,24,25). The van der Waals surface area contributed by atoms with Gasteiger partial charge in [-0.05, 0) is 48.7 Å². The zero-order valence-corrected chi connectivity index (χ0v) is 16.0. The van der Waals surface area contributed by atoms with Crippen LogP contribution in [0.4, 0.5) is 17.5 Å². The van der Waals surface area contributed by atoms with Crippen molar-refractivity contribution in [2.24, 2.45) is 0 Å². The van der Waals surface area contributed by atoms with Gasteiger partial charge in [0, 0.05) is 30.5 Å². The van der Waals surface area contributed by atoms with Gasteiger partial charge in [-0.15, -0.1) is 0 Å². The number of carbonyl (C=O) groups excluding carboxylic acids is 1. The zero-order valence-electron chi connectivity index (χ0n) is 16.0. The summed E-state index contributed by atoms with van der Waals surface area (Å²) in [7, 11) is 1.37. The summed E-state index contributed by atoms with van der Waals surface area (Å²) < 4.78 is 4.73. The molecule has 2 heterocycles. The van der Waals surface area contributed by atoms with Crippen LogP contribution in [0.2, 0.25) is 0 Å². The van der Waals surface area contributed by atoms with Crippen LogP contribution in [0.3, 0.4) is 0 Å². The molecule has 0 saturated heterocycles. The van der Waals surface area contributed by atoms with E-state index in [9.17, 15) is 4.79 Å². The van der Waals surface area contributed by atoms with E-state index in [2.05, 4.69) is 39.5 Å². The molecule has 2 aromatic carbocycles. The largest absolute Gasteiger partial charge is 0.465 e. The first-order valence-electron chi connectivity index (χ1n) is 9.25. The Hall–Kier alpha value is -3.41.